The summed E-state index contributed by atoms with van der Waals surface area (Å²) in [4.78, 5) is 14.2. The quantitative estimate of drug-likeness (QED) is 0.813. The summed E-state index contributed by atoms with van der Waals surface area (Å²) in [6.07, 6.45) is 4.73. The minimum Gasteiger partial charge on any atom is -0.454 e. The third-order valence-corrected chi connectivity index (χ3v) is 5.21. The summed E-state index contributed by atoms with van der Waals surface area (Å²) in [7, 11) is 2.11. The predicted molar refractivity (Wildman–Crippen MR) is 83.4 cm³/mol. The Morgan fingerprint density at radius 3 is 2.50 bits per heavy atom. The van der Waals surface area contributed by atoms with Crippen LogP contribution in [0.15, 0.2) is 30.3 Å². The Kier molecular flexibility index (Phi) is 4.50. The van der Waals surface area contributed by atoms with E-state index in [0.717, 1.165) is 45.2 Å². The van der Waals surface area contributed by atoms with Crippen molar-refractivity contribution < 1.29 is 19.5 Å². The summed E-state index contributed by atoms with van der Waals surface area (Å²) < 4.78 is 5.70. The van der Waals surface area contributed by atoms with Gasteiger partial charge in [0, 0.05) is 12.3 Å². The molecule has 2 N–H and O–H groups in total. The SMILES string of the molecule is C[NH+]1CC[C@H](OC(=O)C(O)(c2ccccc2)C2CCCC2)C1. The summed E-state index contributed by atoms with van der Waals surface area (Å²) in [6.45, 7) is 1.85. The normalized spacial score (nSPS) is 28.5. The Hall–Kier alpha value is -1.39. The topological polar surface area (TPSA) is 51.0 Å². The smallest absolute Gasteiger partial charge is 0.343 e. The molecule has 2 unspecified atom stereocenters. The molecule has 0 aromatic heterocycles. The minimum absolute atomic E-state index is 0.0334. The van der Waals surface area contributed by atoms with E-state index >= 15 is 0 Å². The molecule has 22 heavy (non-hydrogen) atoms. The van der Waals surface area contributed by atoms with Gasteiger partial charge in [-0.15, -0.1) is 0 Å². The number of hydrogen-bond donors (Lipinski definition) is 2. The Morgan fingerprint density at radius 1 is 1.23 bits per heavy atom. The van der Waals surface area contributed by atoms with Crippen LogP contribution in [-0.2, 0) is 15.1 Å². The lowest BCUT2D eigenvalue weighted by Crippen LogP contribution is -3.07. The highest BCUT2D eigenvalue weighted by Crippen LogP contribution is 2.41. The molecule has 2 aliphatic rings. The molecule has 1 aromatic rings. The molecule has 4 heteroatoms. The molecule has 2 fully saturated rings. The number of likely N-dealkylation sites (tertiary alicyclic amines) is 1. The summed E-state index contributed by atoms with van der Waals surface area (Å²) in [6, 6.07) is 9.32. The molecule has 1 saturated heterocycles. The fourth-order valence-electron chi connectivity index (χ4n) is 3.90. The van der Waals surface area contributed by atoms with E-state index in [0.29, 0.717) is 5.56 Å². The average molecular weight is 304 g/mol. The zero-order valence-electron chi connectivity index (χ0n) is 13.3. The Labute approximate surface area is 132 Å². The first-order chi connectivity index (χ1) is 10.6. The third-order valence-electron chi connectivity index (χ3n) is 5.21. The van der Waals surface area contributed by atoms with Gasteiger partial charge in [0.05, 0.1) is 13.6 Å². The van der Waals surface area contributed by atoms with Gasteiger partial charge in [0.25, 0.3) is 0 Å². The summed E-state index contributed by atoms with van der Waals surface area (Å²) in [5, 5.41) is 11.3. The molecule has 3 atom stereocenters. The molecule has 3 rings (SSSR count). The monoisotopic (exact) mass is 304 g/mol. The lowest BCUT2D eigenvalue weighted by Gasteiger charge is -2.33. The molecule has 4 nitrogen and oxygen atoms in total. The number of esters is 1. The molecule has 1 aliphatic heterocycles. The Morgan fingerprint density at radius 2 is 1.91 bits per heavy atom. The van der Waals surface area contributed by atoms with E-state index in [1.807, 2.05) is 30.3 Å². The fourth-order valence-corrected chi connectivity index (χ4v) is 3.90. The van der Waals surface area contributed by atoms with E-state index in [9.17, 15) is 9.90 Å². The number of likely N-dealkylation sites (N-methyl/N-ethyl adjacent to an activating group) is 1. The van der Waals surface area contributed by atoms with Gasteiger partial charge in [-0.25, -0.2) is 4.79 Å². The molecule has 1 aromatic carbocycles. The molecule has 1 aliphatic carbocycles. The van der Waals surface area contributed by atoms with E-state index in [4.69, 9.17) is 4.74 Å². The van der Waals surface area contributed by atoms with Crippen LogP contribution in [0.2, 0.25) is 0 Å². The molecule has 0 amide bonds. The van der Waals surface area contributed by atoms with Crippen LogP contribution >= 0.6 is 0 Å². The van der Waals surface area contributed by atoms with Gasteiger partial charge >= 0.3 is 5.97 Å². The van der Waals surface area contributed by atoms with E-state index in [-0.39, 0.29) is 12.0 Å². The van der Waals surface area contributed by atoms with Gasteiger partial charge in [-0.05, 0) is 18.4 Å². The zero-order chi connectivity index (χ0) is 15.6. The van der Waals surface area contributed by atoms with Crippen molar-refractivity contribution in [2.24, 2.45) is 5.92 Å². The van der Waals surface area contributed by atoms with Crippen molar-refractivity contribution in [3.63, 3.8) is 0 Å². The van der Waals surface area contributed by atoms with Gasteiger partial charge in [0.2, 0.25) is 0 Å². The third kappa shape index (κ3) is 2.90. The van der Waals surface area contributed by atoms with Gasteiger partial charge in [-0.2, -0.15) is 0 Å². The Balaban J connectivity index is 1.83. The fraction of sp³-hybridized carbons (Fsp3) is 0.611. The van der Waals surface area contributed by atoms with E-state index in [1.165, 1.54) is 4.90 Å². The van der Waals surface area contributed by atoms with Crippen molar-refractivity contribution in [2.75, 3.05) is 20.1 Å². The number of rotatable bonds is 4. The highest BCUT2D eigenvalue weighted by atomic mass is 16.6. The summed E-state index contributed by atoms with van der Waals surface area (Å²) in [5.41, 5.74) is -0.820. The van der Waals surface area contributed by atoms with Crippen LogP contribution in [0.1, 0.15) is 37.7 Å². The van der Waals surface area contributed by atoms with Crippen LogP contribution < -0.4 is 4.90 Å². The van der Waals surface area contributed by atoms with E-state index in [1.54, 1.807) is 0 Å². The number of benzene rings is 1. The number of aliphatic hydroxyl groups is 1. The minimum atomic E-state index is -1.49. The standard InChI is InChI=1S/C18H25NO3/c1-19-12-11-16(13-19)22-17(20)18(21,15-9-5-6-10-15)14-7-3-2-4-8-14/h2-4,7-8,15-16,21H,5-6,9-13H2,1H3/p+1/t16-,18?/m0/s1. The molecular weight excluding hydrogens is 278 g/mol. The van der Waals surface area contributed by atoms with Gasteiger partial charge in [0.1, 0.15) is 6.54 Å². The lowest BCUT2D eigenvalue weighted by molar-refractivity contribution is -0.867. The van der Waals surface area contributed by atoms with Crippen LogP contribution in [0, 0.1) is 5.92 Å². The molecule has 0 spiro atoms. The van der Waals surface area contributed by atoms with Crippen molar-refractivity contribution in [3.05, 3.63) is 35.9 Å². The van der Waals surface area contributed by atoms with Crippen LogP contribution in [0.25, 0.3) is 0 Å². The summed E-state index contributed by atoms with van der Waals surface area (Å²) in [5.74, 6) is -0.487. The van der Waals surface area contributed by atoms with Gasteiger partial charge in [0.15, 0.2) is 11.7 Å². The van der Waals surface area contributed by atoms with Crippen molar-refractivity contribution in [1.82, 2.24) is 0 Å². The van der Waals surface area contributed by atoms with Gasteiger partial charge in [-0.1, -0.05) is 43.2 Å². The van der Waals surface area contributed by atoms with Crippen LogP contribution in [0.4, 0.5) is 0 Å². The highest BCUT2D eigenvalue weighted by Gasteiger charge is 2.48. The number of carbonyl (C=O) groups excluding carboxylic acids is 1. The first-order valence-electron chi connectivity index (χ1n) is 8.41. The van der Waals surface area contributed by atoms with Crippen molar-refractivity contribution in [3.8, 4) is 0 Å². The summed E-state index contributed by atoms with van der Waals surface area (Å²) >= 11 is 0. The molecule has 0 bridgehead atoms. The number of ether oxygens (including phenoxy) is 1. The van der Waals surface area contributed by atoms with E-state index in [2.05, 4.69) is 7.05 Å². The molecule has 1 saturated carbocycles. The lowest BCUT2D eigenvalue weighted by atomic mass is 9.80. The van der Waals surface area contributed by atoms with Crippen molar-refractivity contribution in [2.45, 2.75) is 43.8 Å². The average Bonchev–Trinajstić information content (AvgIpc) is 3.19. The van der Waals surface area contributed by atoms with Gasteiger partial charge < -0.3 is 14.7 Å². The Bertz CT molecular complexity index is 512. The first kappa shape index (κ1) is 15.5. The van der Waals surface area contributed by atoms with Crippen LogP contribution in [-0.4, -0.2) is 37.3 Å². The molecule has 1 heterocycles. The largest absolute Gasteiger partial charge is 0.454 e. The van der Waals surface area contributed by atoms with Crippen molar-refractivity contribution >= 4 is 5.97 Å². The van der Waals surface area contributed by atoms with Gasteiger partial charge in [-0.3, -0.25) is 0 Å². The second kappa shape index (κ2) is 6.39. The zero-order valence-corrected chi connectivity index (χ0v) is 13.3. The number of nitrogens with one attached hydrogen (secondary N) is 1. The van der Waals surface area contributed by atoms with E-state index < -0.39 is 11.6 Å². The number of carbonyl (C=O) groups is 1. The number of quaternary nitrogens is 1. The predicted octanol–water partition coefficient (Wildman–Crippen LogP) is 0.895. The maximum absolute atomic E-state index is 12.8. The molecule has 0 radical (unpaired) electrons. The van der Waals surface area contributed by atoms with Crippen molar-refractivity contribution in [1.29, 1.82) is 0 Å². The first-order valence-corrected chi connectivity index (χ1v) is 8.41. The molecule has 120 valence electrons. The molecular formula is C18H26NO3+. The second-order valence-electron chi connectivity index (χ2n) is 6.84. The second-order valence-corrected chi connectivity index (χ2v) is 6.84. The van der Waals surface area contributed by atoms with Crippen LogP contribution in [0.3, 0.4) is 0 Å². The highest BCUT2D eigenvalue weighted by molar-refractivity contribution is 5.81. The van der Waals surface area contributed by atoms with Crippen LogP contribution in [0.5, 0.6) is 0 Å². The maximum atomic E-state index is 12.8. The maximum Gasteiger partial charge on any atom is 0.343 e. The number of hydrogen-bond acceptors (Lipinski definition) is 3.